The minimum absolute atomic E-state index is 0.0195. The quantitative estimate of drug-likeness (QED) is 0.818. The number of fused-ring (bicyclic) bond motifs is 1. The van der Waals surface area contributed by atoms with Crippen molar-refractivity contribution in [2.45, 2.75) is 44.9 Å². The van der Waals surface area contributed by atoms with Gasteiger partial charge in [0.25, 0.3) is 0 Å². The molecule has 1 saturated heterocycles. The summed E-state index contributed by atoms with van der Waals surface area (Å²) >= 11 is 1.61. The molecule has 2 heterocycles. The molecule has 1 aliphatic heterocycles. The Kier molecular flexibility index (Phi) is 4.00. The van der Waals surface area contributed by atoms with Crippen molar-refractivity contribution in [3.05, 3.63) is 10.6 Å². The van der Waals surface area contributed by atoms with Crippen LogP contribution in [0.4, 0.5) is 5.13 Å². The van der Waals surface area contributed by atoms with Gasteiger partial charge in [-0.1, -0.05) is 6.42 Å². The fourth-order valence-electron chi connectivity index (χ4n) is 2.75. The highest BCUT2D eigenvalue weighted by Crippen LogP contribution is 2.29. The first-order valence-corrected chi connectivity index (χ1v) is 8.10. The van der Waals surface area contributed by atoms with E-state index < -0.39 is 0 Å². The second-order valence-corrected chi connectivity index (χ2v) is 6.56. The molecule has 0 radical (unpaired) electrons. The van der Waals surface area contributed by atoms with E-state index in [0.29, 0.717) is 19.4 Å². The summed E-state index contributed by atoms with van der Waals surface area (Å²) in [5.41, 5.74) is 1.17. The summed E-state index contributed by atoms with van der Waals surface area (Å²) in [6, 6.07) is 0. The maximum absolute atomic E-state index is 12.2. The number of aryl methyl sites for hydroxylation is 2. The summed E-state index contributed by atoms with van der Waals surface area (Å²) in [7, 11) is 0. The number of hydrogen-bond donors (Lipinski definition) is 2. The summed E-state index contributed by atoms with van der Waals surface area (Å²) in [4.78, 5) is 29.1. The first-order chi connectivity index (χ1) is 9.72. The van der Waals surface area contributed by atoms with Crippen LogP contribution in [0.25, 0.3) is 0 Å². The molecule has 1 aromatic rings. The molecular weight excluding hydrogens is 274 g/mol. The number of piperidine rings is 1. The van der Waals surface area contributed by atoms with E-state index in [4.69, 9.17) is 0 Å². The molecule has 1 aliphatic carbocycles. The van der Waals surface area contributed by atoms with E-state index >= 15 is 0 Å². The van der Waals surface area contributed by atoms with Crippen LogP contribution in [0.1, 0.15) is 42.7 Å². The molecule has 1 unspecified atom stereocenters. The van der Waals surface area contributed by atoms with Gasteiger partial charge in [0.15, 0.2) is 5.13 Å². The molecule has 6 heteroatoms. The monoisotopic (exact) mass is 293 g/mol. The summed E-state index contributed by atoms with van der Waals surface area (Å²) < 4.78 is 0. The van der Waals surface area contributed by atoms with Crippen LogP contribution in [0.2, 0.25) is 0 Å². The van der Waals surface area contributed by atoms with Crippen molar-refractivity contribution in [1.82, 2.24) is 10.3 Å². The molecule has 0 saturated carbocycles. The highest BCUT2D eigenvalue weighted by atomic mass is 32.1. The van der Waals surface area contributed by atoms with Gasteiger partial charge in [0.05, 0.1) is 11.6 Å². The van der Waals surface area contributed by atoms with Crippen LogP contribution in [0.5, 0.6) is 0 Å². The van der Waals surface area contributed by atoms with Gasteiger partial charge in [-0.2, -0.15) is 0 Å². The van der Waals surface area contributed by atoms with Gasteiger partial charge in [0, 0.05) is 17.8 Å². The van der Waals surface area contributed by atoms with Gasteiger partial charge in [0.2, 0.25) is 11.8 Å². The molecule has 0 bridgehead atoms. The summed E-state index contributed by atoms with van der Waals surface area (Å²) in [6.07, 6.45) is 6.86. The molecule has 0 spiro atoms. The minimum Gasteiger partial charge on any atom is -0.355 e. The average molecular weight is 293 g/mol. The van der Waals surface area contributed by atoms with Gasteiger partial charge in [-0.3, -0.25) is 9.59 Å². The number of rotatable bonds is 2. The van der Waals surface area contributed by atoms with Gasteiger partial charge in [-0.15, -0.1) is 11.3 Å². The van der Waals surface area contributed by atoms with E-state index in [1.807, 2.05) is 0 Å². The third-order valence-electron chi connectivity index (χ3n) is 3.96. The van der Waals surface area contributed by atoms with Crippen molar-refractivity contribution in [1.29, 1.82) is 0 Å². The average Bonchev–Trinajstić information content (AvgIpc) is 2.68. The van der Waals surface area contributed by atoms with Crippen molar-refractivity contribution >= 4 is 28.3 Å². The van der Waals surface area contributed by atoms with Crippen LogP contribution in [-0.4, -0.2) is 23.3 Å². The van der Waals surface area contributed by atoms with E-state index in [1.165, 1.54) is 29.8 Å². The predicted molar refractivity (Wildman–Crippen MR) is 77.7 cm³/mol. The molecule has 1 atom stereocenters. The zero-order valence-electron chi connectivity index (χ0n) is 11.4. The SMILES string of the molecule is O=C1CCC(C(=O)Nc2nc3c(s2)CCCCC3)CN1. The Morgan fingerprint density at radius 2 is 2.10 bits per heavy atom. The highest BCUT2D eigenvalue weighted by molar-refractivity contribution is 7.15. The molecule has 2 N–H and O–H groups in total. The summed E-state index contributed by atoms with van der Waals surface area (Å²) in [5, 5.41) is 6.38. The Hall–Kier alpha value is -1.43. The van der Waals surface area contributed by atoms with E-state index in [-0.39, 0.29) is 17.7 Å². The maximum atomic E-state index is 12.2. The lowest BCUT2D eigenvalue weighted by atomic mass is 9.98. The molecule has 20 heavy (non-hydrogen) atoms. The fraction of sp³-hybridized carbons (Fsp3) is 0.643. The normalized spacial score (nSPS) is 22.6. The second-order valence-electron chi connectivity index (χ2n) is 5.48. The molecule has 5 nitrogen and oxygen atoms in total. The van der Waals surface area contributed by atoms with Gasteiger partial charge in [-0.05, 0) is 32.1 Å². The zero-order valence-corrected chi connectivity index (χ0v) is 12.2. The zero-order chi connectivity index (χ0) is 13.9. The summed E-state index contributed by atoms with van der Waals surface area (Å²) in [6.45, 7) is 0.440. The molecule has 108 valence electrons. The number of carbonyl (C=O) groups excluding carboxylic acids is 2. The van der Waals surface area contributed by atoms with Gasteiger partial charge in [0.1, 0.15) is 0 Å². The van der Waals surface area contributed by atoms with Crippen LogP contribution in [0.3, 0.4) is 0 Å². The third kappa shape index (κ3) is 3.00. The lowest BCUT2D eigenvalue weighted by Gasteiger charge is -2.20. The topological polar surface area (TPSA) is 71.1 Å². The Bertz CT molecular complexity index is 493. The number of anilines is 1. The van der Waals surface area contributed by atoms with E-state index in [2.05, 4.69) is 15.6 Å². The number of carbonyl (C=O) groups is 2. The first-order valence-electron chi connectivity index (χ1n) is 7.28. The highest BCUT2D eigenvalue weighted by Gasteiger charge is 2.25. The summed E-state index contributed by atoms with van der Waals surface area (Å²) in [5.74, 6) is -0.111. The largest absolute Gasteiger partial charge is 0.355 e. The Labute approximate surface area is 122 Å². The second kappa shape index (κ2) is 5.91. The fourth-order valence-corrected chi connectivity index (χ4v) is 3.80. The maximum Gasteiger partial charge on any atom is 0.231 e. The van der Waals surface area contributed by atoms with Crippen molar-refractivity contribution in [3.8, 4) is 0 Å². The number of nitrogens with zero attached hydrogens (tertiary/aromatic N) is 1. The lowest BCUT2D eigenvalue weighted by Crippen LogP contribution is -2.40. The van der Waals surface area contributed by atoms with Crippen LogP contribution in [0.15, 0.2) is 0 Å². The Morgan fingerprint density at radius 3 is 2.90 bits per heavy atom. The predicted octanol–water partition coefficient (Wildman–Crippen LogP) is 1.88. The number of thiazole rings is 1. The molecule has 0 aromatic carbocycles. The van der Waals surface area contributed by atoms with Gasteiger partial charge >= 0.3 is 0 Å². The number of hydrogen-bond acceptors (Lipinski definition) is 4. The van der Waals surface area contributed by atoms with E-state index in [0.717, 1.165) is 18.0 Å². The standard InChI is InChI=1S/C14H19N3O2S/c18-12-7-6-9(8-15-12)13(19)17-14-16-10-4-2-1-3-5-11(10)20-14/h9H,1-8H2,(H,15,18)(H,16,17,19). The number of nitrogens with one attached hydrogen (secondary N) is 2. The van der Waals surface area contributed by atoms with Crippen LogP contribution < -0.4 is 10.6 Å². The number of aromatic nitrogens is 1. The van der Waals surface area contributed by atoms with Crippen molar-refractivity contribution in [3.63, 3.8) is 0 Å². The molecule has 1 fully saturated rings. The third-order valence-corrected chi connectivity index (χ3v) is 5.03. The molecule has 3 rings (SSSR count). The lowest BCUT2D eigenvalue weighted by molar-refractivity contribution is -0.126. The molecule has 2 amide bonds. The van der Waals surface area contributed by atoms with Crippen LogP contribution >= 0.6 is 11.3 Å². The molecular formula is C14H19N3O2S. The van der Waals surface area contributed by atoms with Gasteiger partial charge in [-0.25, -0.2) is 4.98 Å². The smallest absolute Gasteiger partial charge is 0.231 e. The van der Waals surface area contributed by atoms with Crippen molar-refractivity contribution in [2.24, 2.45) is 5.92 Å². The Balaban J connectivity index is 1.63. The van der Waals surface area contributed by atoms with Crippen LogP contribution in [-0.2, 0) is 22.4 Å². The number of amides is 2. The molecule has 1 aromatic heterocycles. The Morgan fingerprint density at radius 1 is 1.25 bits per heavy atom. The van der Waals surface area contributed by atoms with Gasteiger partial charge < -0.3 is 10.6 Å². The minimum atomic E-state index is -0.128. The van der Waals surface area contributed by atoms with E-state index in [9.17, 15) is 9.59 Å². The molecule has 2 aliphatic rings. The van der Waals surface area contributed by atoms with E-state index in [1.54, 1.807) is 11.3 Å². The van der Waals surface area contributed by atoms with Crippen molar-refractivity contribution < 1.29 is 9.59 Å². The van der Waals surface area contributed by atoms with Crippen LogP contribution in [0, 0.1) is 5.92 Å². The van der Waals surface area contributed by atoms with Crippen molar-refractivity contribution in [2.75, 3.05) is 11.9 Å². The first kappa shape index (κ1) is 13.5.